The summed E-state index contributed by atoms with van der Waals surface area (Å²) >= 11 is 0. The van der Waals surface area contributed by atoms with E-state index in [9.17, 15) is 4.79 Å². The summed E-state index contributed by atoms with van der Waals surface area (Å²) in [6.45, 7) is 3.82. The van der Waals surface area contributed by atoms with E-state index >= 15 is 0 Å². The van der Waals surface area contributed by atoms with Crippen LogP contribution in [0.5, 0.6) is 0 Å². The Labute approximate surface area is 98.4 Å². The van der Waals surface area contributed by atoms with Gasteiger partial charge in [-0.1, -0.05) is 25.7 Å². The average molecular weight is 224 g/mol. The van der Waals surface area contributed by atoms with Crippen LogP contribution in [0.15, 0.2) is 0 Å². The highest BCUT2D eigenvalue weighted by Crippen LogP contribution is 2.36. The Hall–Kier alpha value is -0.570. The molecule has 1 amide bonds. The summed E-state index contributed by atoms with van der Waals surface area (Å²) in [7, 11) is 0. The maximum atomic E-state index is 12.0. The van der Waals surface area contributed by atoms with Crippen molar-refractivity contribution in [3.8, 4) is 0 Å². The van der Waals surface area contributed by atoms with Crippen LogP contribution in [-0.2, 0) is 4.79 Å². The van der Waals surface area contributed by atoms with Crippen molar-refractivity contribution < 1.29 is 4.79 Å². The molecule has 2 aliphatic rings. The molecule has 2 N–H and O–H groups in total. The summed E-state index contributed by atoms with van der Waals surface area (Å²) in [5.41, 5.74) is 5.81. The van der Waals surface area contributed by atoms with Crippen LogP contribution in [-0.4, -0.2) is 29.4 Å². The molecule has 92 valence electrons. The van der Waals surface area contributed by atoms with Gasteiger partial charge in [-0.25, -0.2) is 0 Å². The third-order valence-electron chi connectivity index (χ3n) is 4.37. The van der Waals surface area contributed by atoms with Gasteiger partial charge in [0.05, 0.1) is 0 Å². The smallest absolute Gasteiger partial charge is 0.223 e. The van der Waals surface area contributed by atoms with Crippen LogP contribution < -0.4 is 5.73 Å². The number of hydrogen-bond donors (Lipinski definition) is 1. The zero-order valence-corrected chi connectivity index (χ0v) is 10.4. The van der Waals surface area contributed by atoms with E-state index in [1.165, 1.54) is 38.5 Å². The largest absolute Gasteiger partial charge is 0.337 e. The van der Waals surface area contributed by atoms with Crippen LogP contribution in [0.4, 0.5) is 0 Å². The van der Waals surface area contributed by atoms with Gasteiger partial charge >= 0.3 is 0 Å². The van der Waals surface area contributed by atoms with Crippen molar-refractivity contribution >= 4 is 5.91 Å². The van der Waals surface area contributed by atoms with Crippen molar-refractivity contribution in [2.45, 2.75) is 57.4 Å². The zero-order valence-electron chi connectivity index (χ0n) is 10.4. The Morgan fingerprint density at radius 3 is 2.44 bits per heavy atom. The fraction of sp³-hybridized carbons (Fsp3) is 0.923. The van der Waals surface area contributed by atoms with Crippen LogP contribution >= 0.6 is 0 Å². The fourth-order valence-electron chi connectivity index (χ4n) is 3.22. The van der Waals surface area contributed by atoms with E-state index in [-0.39, 0.29) is 5.54 Å². The maximum absolute atomic E-state index is 12.0. The second-order valence-electron chi connectivity index (χ2n) is 5.72. The first kappa shape index (κ1) is 11.9. The third kappa shape index (κ3) is 2.24. The lowest BCUT2D eigenvalue weighted by Gasteiger charge is -2.38. The minimum atomic E-state index is 0.123. The second kappa shape index (κ2) is 4.74. The molecule has 0 radical (unpaired) electrons. The van der Waals surface area contributed by atoms with Crippen molar-refractivity contribution in [1.29, 1.82) is 0 Å². The lowest BCUT2D eigenvalue weighted by Crippen LogP contribution is -2.47. The van der Waals surface area contributed by atoms with Crippen LogP contribution in [0, 0.1) is 5.92 Å². The Kier molecular flexibility index (Phi) is 3.53. The van der Waals surface area contributed by atoms with Gasteiger partial charge in [0.15, 0.2) is 0 Å². The Morgan fingerprint density at radius 2 is 1.94 bits per heavy atom. The molecule has 1 saturated carbocycles. The minimum absolute atomic E-state index is 0.123. The van der Waals surface area contributed by atoms with Crippen LogP contribution in [0.2, 0.25) is 0 Å². The fourth-order valence-corrected chi connectivity index (χ4v) is 3.22. The quantitative estimate of drug-likeness (QED) is 0.728. The number of likely N-dealkylation sites (tertiary alicyclic amines) is 1. The summed E-state index contributed by atoms with van der Waals surface area (Å²) < 4.78 is 0. The Bertz CT molecular complexity index is 257. The van der Waals surface area contributed by atoms with Gasteiger partial charge in [-0.2, -0.15) is 0 Å². The Balaban J connectivity index is 2.07. The lowest BCUT2D eigenvalue weighted by molar-refractivity contribution is -0.133. The zero-order chi connectivity index (χ0) is 11.6. The molecule has 16 heavy (non-hydrogen) atoms. The molecular weight excluding hydrogens is 200 g/mol. The molecule has 1 aliphatic heterocycles. The molecule has 1 unspecified atom stereocenters. The van der Waals surface area contributed by atoms with Crippen LogP contribution in [0.25, 0.3) is 0 Å². The van der Waals surface area contributed by atoms with E-state index in [2.05, 4.69) is 11.8 Å². The average Bonchev–Trinajstić information content (AvgIpc) is 2.51. The number of amides is 1. The molecule has 0 aromatic rings. The van der Waals surface area contributed by atoms with E-state index in [1.807, 2.05) is 0 Å². The third-order valence-corrected chi connectivity index (χ3v) is 4.37. The van der Waals surface area contributed by atoms with E-state index < -0.39 is 0 Å². The monoisotopic (exact) mass is 224 g/mol. The van der Waals surface area contributed by atoms with E-state index in [0.717, 1.165) is 6.54 Å². The molecule has 1 saturated heterocycles. The first-order chi connectivity index (χ1) is 7.65. The van der Waals surface area contributed by atoms with Gasteiger partial charge in [0.1, 0.15) is 0 Å². The number of carbonyl (C=O) groups is 1. The van der Waals surface area contributed by atoms with E-state index in [4.69, 9.17) is 5.73 Å². The van der Waals surface area contributed by atoms with Gasteiger partial charge in [0.2, 0.25) is 5.91 Å². The highest BCUT2D eigenvalue weighted by Gasteiger charge is 2.40. The standard InChI is InChI=1S/C13H24N2O/c1-13(6-4-2-3-5-7-13)15-10-11(9-14)8-12(15)16/h11H,2-10,14H2,1H3. The highest BCUT2D eigenvalue weighted by atomic mass is 16.2. The summed E-state index contributed by atoms with van der Waals surface area (Å²) in [5.74, 6) is 0.729. The first-order valence-corrected chi connectivity index (χ1v) is 6.66. The molecule has 2 rings (SSSR count). The molecule has 1 atom stereocenters. The van der Waals surface area contributed by atoms with Gasteiger partial charge in [-0.15, -0.1) is 0 Å². The second-order valence-corrected chi connectivity index (χ2v) is 5.72. The minimum Gasteiger partial charge on any atom is -0.337 e. The molecule has 0 aromatic carbocycles. The number of rotatable bonds is 2. The normalized spacial score (nSPS) is 30.5. The molecule has 0 bridgehead atoms. The summed E-state index contributed by atoms with van der Waals surface area (Å²) in [6, 6.07) is 0. The predicted molar refractivity (Wildman–Crippen MR) is 65.0 cm³/mol. The Morgan fingerprint density at radius 1 is 1.31 bits per heavy atom. The van der Waals surface area contributed by atoms with Crippen molar-refractivity contribution in [2.24, 2.45) is 11.7 Å². The number of nitrogens with two attached hydrogens (primary N) is 1. The van der Waals surface area contributed by atoms with Gasteiger partial charge < -0.3 is 10.6 Å². The molecule has 0 spiro atoms. The van der Waals surface area contributed by atoms with Crippen molar-refractivity contribution in [2.75, 3.05) is 13.1 Å². The lowest BCUT2D eigenvalue weighted by atomic mass is 9.90. The molecular formula is C13H24N2O. The molecule has 0 aromatic heterocycles. The van der Waals surface area contributed by atoms with Crippen molar-refractivity contribution in [1.82, 2.24) is 4.90 Å². The highest BCUT2D eigenvalue weighted by molar-refractivity contribution is 5.79. The van der Waals surface area contributed by atoms with Crippen molar-refractivity contribution in [3.63, 3.8) is 0 Å². The number of hydrogen-bond acceptors (Lipinski definition) is 2. The van der Waals surface area contributed by atoms with Crippen LogP contribution in [0.1, 0.15) is 51.9 Å². The summed E-state index contributed by atoms with van der Waals surface area (Å²) in [4.78, 5) is 14.2. The number of nitrogens with zero attached hydrogens (tertiary/aromatic N) is 1. The van der Waals surface area contributed by atoms with Gasteiger partial charge in [0, 0.05) is 18.5 Å². The van der Waals surface area contributed by atoms with Gasteiger partial charge in [0.25, 0.3) is 0 Å². The SMILES string of the molecule is CC1(N2CC(CN)CC2=O)CCCCCC1. The summed E-state index contributed by atoms with van der Waals surface area (Å²) in [6.07, 6.45) is 8.23. The topological polar surface area (TPSA) is 46.3 Å². The molecule has 3 heteroatoms. The molecule has 2 fully saturated rings. The van der Waals surface area contributed by atoms with Gasteiger partial charge in [-0.05, 0) is 32.2 Å². The molecule has 1 heterocycles. The molecule has 3 nitrogen and oxygen atoms in total. The van der Waals surface area contributed by atoms with Crippen LogP contribution in [0.3, 0.4) is 0 Å². The van der Waals surface area contributed by atoms with E-state index in [1.54, 1.807) is 0 Å². The predicted octanol–water partition coefficient (Wildman–Crippen LogP) is 1.91. The molecule has 1 aliphatic carbocycles. The van der Waals surface area contributed by atoms with Crippen molar-refractivity contribution in [3.05, 3.63) is 0 Å². The summed E-state index contributed by atoms with van der Waals surface area (Å²) in [5, 5.41) is 0. The van der Waals surface area contributed by atoms with E-state index in [0.29, 0.717) is 24.8 Å². The first-order valence-electron chi connectivity index (χ1n) is 6.66. The maximum Gasteiger partial charge on any atom is 0.223 e. The van der Waals surface area contributed by atoms with Gasteiger partial charge in [-0.3, -0.25) is 4.79 Å². The number of carbonyl (C=O) groups excluding carboxylic acids is 1.